The molecule has 0 spiro atoms. The van der Waals surface area contributed by atoms with Gasteiger partial charge in [-0.15, -0.1) is 0 Å². The van der Waals surface area contributed by atoms with Crippen molar-refractivity contribution in [3.63, 3.8) is 0 Å². The van der Waals surface area contributed by atoms with Crippen molar-refractivity contribution in [1.29, 1.82) is 0 Å². The topological polar surface area (TPSA) is 3.24 Å². The van der Waals surface area contributed by atoms with Gasteiger partial charge in [-0.05, 0) is 128 Å². The van der Waals surface area contributed by atoms with Crippen molar-refractivity contribution in [3.8, 4) is 22.3 Å². The minimum Gasteiger partial charge on any atom is -0.314 e. The number of benzene rings is 7. The zero-order valence-corrected chi connectivity index (χ0v) is 32.6. The fourth-order valence-electron chi connectivity index (χ4n) is 10.8. The predicted octanol–water partition coefficient (Wildman–Crippen LogP) is 14.1. The van der Waals surface area contributed by atoms with E-state index in [2.05, 4.69) is 213 Å². The van der Waals surface area contributed by atoms with Crippen LogP contribution >= 0.6 is 0 Å². The second-order valence-corrected chi connectivity index (χ2v) is 16.8. The lowest BCUT2D eigenvalue weighted by Gasteiger charge is -2.37. The third-order valence-corrected chi connectivity index (χ3v) is 13.5. The van der Waals surface area contributed by atoms with Crippen molar-refractivity contribution in [1.82, 2.24) is 0 Å². The molecule has 1 unspecified atom stereocenters. The first kappa shape index (κ1) is 33.9. The lowest BCUT2D eigenvalue weighted by atomic mass is 9.67. The van der Waals surface area contributed by atoms with Gasteiger partial charge in [-0.3, -0.25) is 0 Å². The van der Waals surface area contributed by atoms with Crippen LogP contribution in [0.15, 0.2) is 194 Å². The predicted molar refractivity (Wildman–Crippen MR) is 239 cm³/mol. The highest BCUT2D eigenvalue weighted by Crippen LogP contribution is 2.60. The van der Waals surface area contributed by atoms with E-state index < -0.39 is 5.41 Å². The Kier molecular flexibility index (Phi) is 7.76. The number of fused-ring (bicyclic) bond motifs is 7. The lowest BCUT2D eigenvalue weighted by Crippen LogP contribution is -2.29. The van der Waals surface area contributed by atoms with E-state index in [4.69, 9.17) is 0 Å². The summed E-state index contributed by atoms with van der Waals surface area (Å²) in [6, 6.07) is 63.9. The first-order valence-electron chi connectivity index (χ1n) is 20.6. The number of rotatable bonds is 6. The maximum absolute atomic E-state index is 2.59. The maximum Gasteiger partial charge on any atom is 0.0714 e. The second-order valence-electron chi connectivity index (χ2n) is 16.8. The van der Waals surface area contributed by atoms with Gasteiger partial charge in [0.1, 0.15) is 0 Å². The van der Waals surface area contributed by atoms with E-state index in [1.807, 2.05) is 0 Å². The van der Waals surface area contributed by atoms with E-state index in [1.165, 1.54) is 89.4 Å². The molecule has 1 nitrogen and oxygen atoms in total. The molecule has 0 saturated heterocycles. The number of hydrogen-bond acceptors (Lipinski definition) is 1. The Morgan fingerprint density at radius 3 is 1.96 bits per heavy atom. The SMILES string of the molecule is CC1(C)c2ccccc2C2=CC=C(N(c3ccc(-c4ccc5c(c4)C=CCC5)cc3)c3cccc4c3-c3ccccc3C4(c3ccccc3)c3ccccc3)CC21. The summed E-state index contributed by atoms with van der Waals surface area (Å²) in [6.07, 6.45) is 12.6. The van der Waals surface area contributed by atoms with Crippen molar-refractivity contribution >= 4 is 23.0 Å². The van der Waals surface area contributed by atoms with Crippen molar-refractivity contribution in [3.05, 3.63) is 238 Å². The summed E-state index contributed by atoms with van der Waals surface area (Å²) in [7, 11) is 0. The molecule has 0 aromatic heterocycles. The molecule has 0 N–H and O–H groups in total. The molecule has 0 saturated carbocycles. The molecule has 0 aliphatic heterocycles. The zero-order valence-electron chi connectivity index (χ0n) is 32.6. The van der Waals surface area contributed by atoms with Crippen LogP contribution in [0.3, 0.4) is 0 Å². The summed E-state index contributed by atoms with van der Waals surface area (Å²) in [5.41, 5.74) is 20.7. The molecule has 57 heavy (non-hydrogen) atoms. The number of anilines is 2. The van der Waals surface area contributed by atoms with Gasteiger partial charge >= 0.3 is 0 Å². The van der Waals surface area contributed by atoms with Gasteiger partial charge < -0.3 is 4.90 Å². The summed E-state index contributed by atoms with van der Waals surface area (Å²) in [6.45, 7) is 4.88. The molecule has 4 aliphatic carbocycles. The molecule has 7 aromatic carbocycles. The van der Waals surface area contributed by atoms with Crippen LogP contribution in [-0.2, 0) is 17.3 Å². The molecule has 0 amide bonds. The van der Waals surface area contributed by atoms with Gasteiger partial charge in [0.05, 0.1) is 11.1 Å². The zero-order chi connectivity index (χ0) is 38.1. The highest BCUT2D eigenvalue weighted by Gasteiger charge is 2.48. The quantitative estimate of drug-likeness (QED) is 0.165. The minimum atomic E-state index is -0.468. The van der Waals surface area contributed by atoms with Gasteiger partial charge in [-0.2, -0.15) is 0 Å². The summed E-state index contributed by atoms with van der Waals surface area (Å²) in [4.78, 5) is 2.59. The van der Waals surface area contributed by atoms with E-state index in [0.717, 1.165) is 19.3 Å². The van der Waals surface area contributed by atoms with E-state index in [1.54, 1.807) is 0 Å². The molecule has 0 fully saturated rings. The van der Waals surface area contributed by atoms with E-state index >= 15 is 0 Å². The lowest BCUT2D eigenvalue weighted by molar-refractivity contribution is 0.406. The summed E-state index contributed by atoms with van der Waals surface area (Å²) < 4.78 is 0. The Morgan fingerprint density at radius 2 is 1.21 bits per heavy atom. The first-order valence-corrected chi connectivity index (χ1v) is 20.6. The van der Waals surface area contributed by atoms with Gasteiger partial charge in [0, 0.05) is 16.9 Å². The Bertz CT molecular complexity index is 2740. The number of nitrogens with zero attached hydrogens (tertiary/aromatic N) is 1. The number of aryl methyl sites for hydroxylation is 1. The molecule has 0 radical (unpaired) electrons. The summed E-state index contributed by atoms with van der Waals surface area (Å²) >= 11 is 0. The average Bonchev–Trinajstić information content (AvgIpc) is 3.71. The van der Waals surface area contributed by atoms with Crippen LogP contribution in [0.1, 0.15) is 71.2 Å². The van der Waals surface area contributed by atoms with Crippen LogP contribution < -0.4 is 4.90 Å². The van der Waals surface area contributed by atoms with Crippen LogP contribution in [0.25, 0.3) is 33.9 Å². The van der Waals surface area contributed by atoms with Gasteiger partial charge in [0.2, 0.25) is 0 Å². The molecule has 4 aliphatic rings. The van der Waals surface area contributed by atoms with E-state index in [9.17, 15) is 0 Å². The molecular weight excluding hydrogens is 687 g/mol. The Labute approximate surface area is 337 Å². The number of hydrogen-bond donors (Lipinski definition) is 0. The molecule has 0 heterocycles. The van der Waals surface area contributed by atoms with E-state index in [0.29, 0.717) is 5.92 Å². The van der Waals surface area contributed by atoms with Gasteiger partial charge in [0.25, 0.3) is 0 Å². The fraction of sp³-hybridized carbons (Fsp3) is 0.143. The van der Waals surface area contributed by atoms with E-state index in [-0.39, 0.29) is 5.41 Å². The normalized spacial score (nSPS) is 17.7. The molecule has 1 heteroatoms. The number of allylic oxidation sites excluding steroid dienone is 5. The van der Waals surface area contributed by atoms with Crippen LogP contribution in [0, 0.1) is 5.92 Å². The molecule has 0 bridgehead atoms. The van der Waals surface area contributed by atoms with Crippen molar-refractivity contribution in [2.75, 3.05) is 4.90 Å². The largest absolute Gasteiger partial charge is 0.314 e. The molecule has 7 aromatic rings. The third kappa shape index (κ3) is 5.08. The molecule has 1 atom stereocenters. The first-order chi connectivity index (χ1) is 28.0. The summed E-state index contributed by atoms with van der Waals surface area (Å²) in [5.74, 6) is 0.372. The third-order valence-electron chi connectivity index (χ3n) is 13.5. The van der Waals surface area contributed by atoms with Crippen molar-refractivity contribution in [2.45, 2.75) is 43.9 Å². The summed E-state index contributed by atoms with van der Waals surface area (Å²) in [5, 5.41) is 0. The average molecular weight is 732 g/mol. The Balaban J connectivity index is 1.13. The van der Waals surface area contributed by atoms with Crippen LogP contribution in [-0.4, -0.2) is 0 Å². The molecule has 11 rings (SSSR count). The second kappa shape index (κ2) is 13.1. The van der Waals surface area contributed by atoms with Gasteiger partial charge in [-0.1, -0.05) is 178 Å². The smallest absolute Gasteiger partial charge is 0.0714 e. The van der Waals surface area contributed by atoms with Gasteiger partial charge in [0.15, 0.2) is 0 Å². The molecular formula is C56H45N. The Morgan fingerprint density at radius 1 is 0.561 bits per heavy atom. The van der Waals surface area contributed by atoms with Gasteiger partial charge in [-0.25, -0.2) is 0 Å². The minimum absolute atomic E-state index is 0.0133. The van der Waals surface area contributed by atoms with Crippen molar-refractivity contribution < 1.29 is 0 Å². The Hall–Kier alpha value is -6.44. The maximum atomic E-state index is 2.59. The highest BCUT2D eigenvalue weighted by molar-refractivity contribution is 5.96. The highest BCUT2D eigenvalue weighted by atomic mass is 15.2. The standard InChI is InChI=1S/C56H45N/c1-55(2)49-24-13-11-22-46(49)47-35-34-45(37-52(47)55)57(44-32-30-39(31-33-44)41-29-28-38-16-9-10-17-40(38)36-41)53-27-15-26-51-54(53)48-23-12-14-25-50(48)56(51,42-18-5-3-6-19-42)43-20-7-4-8-21-43/h3-8,10-15,17-36,52H,9,16,37H2,1-2H3. The molecule has 274 valence electrons. The van der Waals surface area contributed by atoms with Crippen LogP contribution in [0.4, 0.5) is 11.4 Å². The fourth-order valence-corrected chi connectivity index (χ4v) is 10.8. The van der Waals surface area contributed by atoms with Crippen LogP contribution in [0.2, 0.25) is 0 Å². The van der Waals surface area contributed by atoms with Crippen molar-refractivity contribution in [2.24, 2.45) is 5.92 Å². The monoisotopic (exact) mass is 731 g/mol. The van der Waals surface area contributed by atoms with Crippen LogP contribution in [0.5, 0.6) is 0 Å².